The summed E-state index contributed by atoms with van der Waals surface area (Å²) in [6, 6.07) is 4.05. The average molecular weight is 410 g/mol. The van der Waals surface area contributed by atoms with E-state index in [1.807, 2.05) is 0 Å². The molecule has 1 heterocycles. The van der Waals surface area contributed by atoms with Gasteiger partial charge in [-0.2, -0.15) is 0 Å². The van der Waals surface area contributed by atoms with Crippen LogP contribution in [0, 0.1) is 0 Å². The van der Waals surface area contributed by atoms with E-state index in [0.717, 1.165) is 17.7 Å². The maximum atomic E-state index is 12.5. The second-order valence-corrected chi connectivity index (χ2v) is 7.08. The number of ether oxygens (including phenoxy) is 2. The Hall–Kier alpha value is -2.81. The van der Waals surface area contributed by atoms with Crippen LogP contribution in [0.2, 0.25) is 5.02 Å². The van der Waals surface area contributed by atoms with Gasteiger partial charge >= 0.3 is 12.0 Å². The maximum absolute atomic E-state index is 12.5. The standard InChI is InChI=1S/C18H20ClN3O6/c1-27-13-5-4-11(8-12(13)19)20-14(23)10-28-15(24)9-22-16(25)18(21-17(22)26)6-2-3-7-18/h4-5,8H,2-3,6-7,9-10H2,1H3,(H,20,23)(H,21,26). The first kappa shape index (κ1) is 19.9. The van der Waals surface area contributed by atoms with Crippen LogP contribution in [0.25, 0.3) is 0 Å². The van der Waals surface area contributed by atoms with Crippen LogP contribution in [0.5, 0.6) is 5.75 Å². The number of methoxy groups -OCH3 is 1. The molecule has 150 valence electrons. The Morgan fingerprint density at radius 3 is 2.64 bits per heavy atom. The molecule has 4 amide bonds. The first-order chi connectivity index (χ1) is 13.3. The summed E-state index contributed by atoms with van der Waals surface area (Å²) in [4.78, 5) is 49.2. The van der Waals surface area contributed by atoms with Gasteiger partial charge in [-0.3, -0.25) is 19.3 Å². The van der Waals surface area contributed by atoms with Gasteiger partial charge in [0.1, 0.15) is 17.8 Å². The van der Waals surface area contributed by atoms with E-state index in [9.17, 15) is 19.2 Å². The number of carbonyl (C=O) groups excluding carboxylic acids is 4. The van der Waals surface area contributed by atoms with Gasteiger partial charge < -0.3 is 20.1 Å². The highest BCUT2D eigenvalue weighted by atomic mass is 35.5. The van der Waals surface area contributed by atoms with Crippen LogP contribution in [-0.2, 0) is 19.1 Å². The van der Waals surface area contributed by atoms with E-state index < -0.39 is 42.5 Å². The number of imide groups is 1. The SMILES string of the molecule is COc1ccc(NC(=O)COC(=O)CN2C(=O)NC3(CCCC3)C2=O)cc1Cl. The molecule has 1 aromatic rings. The summed E-state index contributed by atoms with van der Waals surface area (Å²) < 4.78 is 9.90. The zero-order valence-corrected chi connectivity index (χ0v) is 16.0. The van der Waals surface area contributed by atoms with E-state index >= 15 is 0 Å². The number of hydrogen-bond acceptors (Lipinski definition) is 6. The second kappa shape index (κ2) is 8.05. The second-order valence-electron chi connectivity index (χ2n) is 6.67. The Morgan fingerprint density at radius 1 is 1.29 bits per heavy atom. The van der Waals surface area contributed by atoms with E-state index in [0.29, 0.717) is 29.3 Å². The van der Waals surface area contributed by atoms with Crippen LogP contribution in [0.4, 0.5) is 10.5 Å². The highest BCUT2D eigenvalue weighted by molar-refractivity contribution is 6.32. The summed E-state index contributed by atoms with van der Waals surface area (Å²) in [7, 11) is 1.47. The summed E-state index contributed by atoms with van der Waals surface area (Å²) >= 11 is 5.98. The fourth-order valence-electron chi connectivity index (χ4n) is 3.40. The van der Waals surface area contributed by atoms with Crippen molar-refractivity contribution in [2.24, 2.45) is 0 Å². The maximum Gasteiger partial charge on any atom is 0.326 e. The van der Waals surface area contributed by atoms with Crippen molar-refractivity contribution in [3.05, 3.63) is 23.2 Å². The van der Waals surface area contributed by atoms with Crippen LogP contribution >= 0.6 is 11.6 Å². The molecular weight excluding hydrogens is 390 g/mol. The molecule has 1 saturated carbocycles. The molecule has 0 unspecified atom stereocenters. The molecule has 0 radical (unpaired) electrons. The summed E-state index contributed by atoms with van der Waals surface area (Å²) in [5, 5.41) is 5.51. The van der Waals surface area contributed by atoms with E-state index in [4.69, 9.17) is 21.1 Å². The first-order valence-corrected chi connectivity index (χ1v) is 9.15. The molecule has 9 nitrogen and oxygen atoms in total. The van der Waals surface area contributed by atoms with Crippen molar-refractivity contribution in [2.45, 2.75) is 31.2 Å². The normalized spacial score (nSPS) is 17.6. The molecule has 0 aromatic heterocycles. The Bertz CT molecular complexity index is 822. The number of urea groups is 1. The zero-order valence-electron chi connectivity index (χ0n) is 15.2. The molecule has 1 spiro atoms. The number of nitrogens with one attached hydrogen (secondary N) is 2. The van der Waals surface area contributed by atoms with Gasteiger partial charge in [0, 0.05) is 5.69 Å². The van der Waals surface area contributed by atoms with Gasteiger partial charge in [-0.1, -0.05) is 24.4 Å². The van der Waals surface area contributed by atoms with Gasteiger partial charge in [-0.15, -0.1) is 0 Å². The number of amides is 4. The van der Waals surface area contributed by atoms with E-state index in [1.54, 1.807) is 12.1 Å². The minimum absolute atomic E-state index is 0.316. The Labute approximate surface area is 166 Å². The van der Waals surface area contributed by atoms with Gasteiger partial charge in [0.2, 0.25) is 0 Å². The molecule has 3 rings (SSSR count). The first-order valence-electron chi connectivity index (χ1n) is 8.78. The minimum atomic E-state index is -0.887. The van der Waals surface area contributed by atoms with Gasteiger partial charge in [-0.25, -0.2) is 4.79 Å². The molecule has 2 aliphatic rings. The smallest absolute Gasteiger partial charge is 0.326 e. The highest BCUT2D eigenvalue weighted by Gasteiger charge is 2.52. The largest absolute Gasteiger partial charge is 0.495 e. The number of anilines is 1. The van der Waals surface area contributed by atoms with Gasteiger partial charge in [0.05, 0.1) is 12.1 Å². The molecular formula is C18H20ClN3O6. The monoisotopic (exact) mass is 409 g/mol. The van der Waals surface area contributed by atoms with Gasteiger partial charge in [0.15, 0.2) is 6.61 Å². The van der Waals surface area contributed by atoms with Crippen LogP contribution in [0.1, 0.15) is 25.7 Å². The predicted octanol–water partition coefficient (Wildman–Crippen LogP) is 1.69. The molecule has 1 aliphatic heterocycles. The Balaban J connectivity index is 1.49. The third-order valence-electron chi connectivity index (χ3n) is 4.79. The van der Waals surface area contributed by atoms with Crippen LogP contribution in [0.15, 0.2) is 18.2 Å². The minimum Gasteiger partial charge on any atom is -0.495 e. The van der Waals surface area contributed by atoms with Crippen LogP contribution < -0.4 is 15.4 Å². The highest BCUT2D eigenvalue weighted by Crippen LogP contribution is 2.34. The van der Waals surface area contributed by atoms with Gasteiger partial charge in [0.25, 0.3) is 11.8 Å². The van der Waals surface area contributed by atoms with Crippen molar-refractivity contribution in [3.63, 3.8) is 0 Å². The molecule has 2 fully saturated rings. The molecule has 2 N–H and O–H groups in total. The average Bonchev–Trinajstić information content (AvgIpc) is 3.21. The van der Waals surface area contributed by atoms with Crippen LogP contribution in [-0.4, -0.2) is 54.5 Å². The zero-order chi connectivity index (χ0) is 20.3. The van der Waals surface area contributed by atoms with E-state index in [2.05, 4.69) is 10.6 Å². The van der Waals surface area contributed by atoms with Crippen molar-refractivity contribution >= 4 is 41.1 Å². The molecule has 10 heteroatoms. The number of hydrogen-bond donors (Lipinski definition) is 2. The van der Waals surface area contributed by atoms with E-state index in [-0.39, 0.29) is 0 Å². The quantitative estimate of drug-likeness (QED) is 0.546. The third-order valence-corrected chi connectivity index (χ3v) is 5.09. The molecule has 1 aromatic carbocycles. The Morgan fingerprint density at radius 2 is 2.00 bits per heavy atom. The number of esters is 1. The van der Waals surface area contributed by atoms with Crippen molar-refractivity contribution in [1.29, 1.82) is 0 Å². The summed E-state index contributed by atoms with van der Waals surface area (Å²) in [6.45, 7) is -1.09. The fourth-order valence-corrected chi connectivity index (χ4v) is 3.66. The van der Waals surface area contributed by atoms with Crippen LogP contribution in [0.3, 0.4) is 0 Å². The molecule has 28 heavy (non-hydrogen) atoms. The van der Waals surface area contributed by atoms with Crippen molar-refractivity contribution in [3.8, 4) is 5.75 Å². The lowest BCUT2D eigenvalue weighted by atomic mass is 9.98. The number of carbonyl (C=O) groups is 4. The fraction of sp³-hybridized carbons (Fsp3) is 0.444. The predicted molar refractivity (Wildman–Crippen MR) is 99.0 cm³/mol. The summed E-state index contributed by atoms with van der Waals surface area (Å²) in [6.07, 6.45) is 2.83. The molecule has 0 bridgehead atoms. The summed E-state index contributed by atoms with van der Waals surface area (Å²) in [5.41, 5.74) is -0.480. The van der Waals surface area contributed by atoms with E-state index in [1.165, 1.54) is 13.2 Å². The van der Waals surface area contributed by atoms with Crippen molar-refractivity contribution < 1.29 is 28.7 Å². The number of halogens is 1. The lowest BCUT2D eigenvalue weighted by Crippen LogP contribution is -2.44. The molecule has 0 atom stereocenters. The molecule has 1 saturated heterocycles. The topological polar surface area (TPSA) is 114 Å². The number of benzene rings is 1. The lowest BCUT2D eigenvalue weighted by Gasteiger charge is -2.19. The lowest BCUT2D eigenvalue weighted by molar-refractivity contribution is -0.150. The van der Waals surface area contributed by atoms with Gasteiger partial charge in [-0.05, 0) is 31.0 Å². The third kappa shape index (κ3) is 4.04. The molecule has 1 aliphatic carbocycles. The van der Waals surface area contributed by atoms with Crippen molar-refractivity contribution in [1.82, 2.24) is 10.2 Å². The summed E-state index contributed by atoms with van der Waals surface area (Å²) in [5.74, 6) is -1.38. The van der Waals surface area contributed by atoms with Crippen molar-refractivity contribution in [2.75, 3.05) is 25.6 Å². The Kier molecular flexibility index (Phi) is 5.73. The number of rotatable bonds is 6. The number of nitrogens with zero attached hydrogens (tertiary/aromatic N) is 1.